The molecular weight excluding hydrogens is 132 g/mol. The van der Waals surface area contributed by atoms with Gasteiger partial charge in [0.05, 0.1) is 13.2 Å². The molecule has 0 aromatic rings. The van der Waals surface area contributed by atoms with Gasteiger partial charge in [-0.05, 0) is 5.92 Å². The van der Waals surface area contributed by atoms with Gasteiger partial charge in [0.15, 0.2) is 0 Å². The van der Waals surface area contributed by atoms with Crippen LogP contribution >= 0.6 is 0 Å². The van der Waals surface area contributed by atoms with E-state index in [-0.39, 0.29) is 0 Å². The summed E-state index contributed by atoms with van der Waals surface area (Å²) in [6, 6.07) is 0. The molecule has 3 heteroatoms. The van der Waals surface area contributed by atoms with E-state index >= 15 is 0 Å². The maximum atomic E-state index is 4.91. The molecule has 0 bridgehead atoms. The van der Waals surface area contributed by atoms with Crippen LogP contribution in [0.2, 0.25) is 0 Å². The minimum absolute atomic E-state index is 0.298. The van der Waals surface area contributed by atoms with Crippen molar-refractivity contribution in [1.29, 1.82) is 0 Å². The first-order valence-corrected chi connectivity index (χ1v) is 3.65. The summed E-state index contributed by atoms with van der Waals surface area (Å²) < 4.78 is 4.91. The molecule has 1 heterocycles. The Morgan fingerprint density at radius 2 is 2.20 bits per heavy atom. The zero-order valence-corrected chi connectivity index (χ0v) is 6.50. The van der Waals surface area contributed by atoms with Crippen LogP contribution in [-0.2, 0) is 14.5 Å². The van der Waals surface area contributed by atoms with Crippen molar-refractivity contribution in [3.8, 4) is 0 Å². The predicted octanol–water partition coefficient (Wildman–Crippen LogP) is 0.989. The van der Waals surface area contributed by atoms with Gasteiger partial charge in [-0.15, -0.1) is 0 Å². The number of ether oxygens (including phenoxy) is 1. The highest BCUT2D eigenvalue weighted by atomic mass is 17.2. The minimum atomic E-state index is 0.298. The molecule has 1 aliphatic heterocycles. The SMILES string of the molecule is CC(C)COOCC1CO1. The fraction of sp³-hybridized carbons (Fsp3) is 1.00. The van der Waals surface area contributed by atoms with Crippen molar-refractivity contribution < 1.29 is 14.5 Å². The Balaban J connectivity index is 1.76. The molecule has 0 saturated carbocycles. The Kier molecular flexibility index (Phi) is 3.12. The van der Waals surface area contributed by atoms with Crippen LogP contribution in [0, 0.1) is 5.92 Å². The standard InChI is InChI=1S/C7H14O3/c1-6(2)3-9-10-5-7-4-8-7/h6-7H,3-5H2,1-2H3. The number of epoxide rings is 1. The van der Waals surface area contributed by atoms with Crippen LogP contribution in [0.15, 0.2) is 0 Å². The van der Waals surface area contributed by atoms with Crippen molar-refractivity contribution in [2.24, 2.45) is 5.92 Å². The molecular formula is C7H14O3. The lowest BCUT2D eigenvalue weighted by atomic mass is 10.2. The number of hydrogen-bond donors (Lipinski definition) is 0. The average molecular weight is 146 g/mol. The first kappa shape index (κ1) is 7.98. The van der Waals surface area contributed by atoms with E-state index < -0.39 is 0 Å². The maximum absolute atomic E-state index is 4.91. The Hall–Kier alpha value is -0.120. The first-order chi connectivity index (χ1) is 4.79. The molecule has 1 saturated heterocycles. The minimum Gasteiger partial charge on any atom is -0.370 e. The normalized spacial score (nSPS) is 23.7. The van der Waals surface area contributed by atoms with E-state index in [0.717, 1.165) is 6.61 Å². The fourth-order valence-electron chi connectivity index (χ4n) is 0.472. The van der Waals surface area contributed by atoms with Crippen molar-refractivity contribution >= 4 is 0 Å². The van der Waals surface area contributed by atoms with Crippen molar-refractivity contribution in [3.63, 3.8) is 0 Å². The summed E-state index contributed by atoms with van der Waals surface area (Å²) in [6.45, 7) is 6.22. The second-order valence-electron chi connectivity index (χ2n) is 2.92. The lowest BCUT2D eigenvalue weighted by molar-refractivity contribution is -0.301. The summed E-state index contributed by atoms with van der Waals surface area (Å²) in [6.07, 6.45) is 0.298. The van der Waals surface area contributed by atoms with Crippen LogP contribution in [0.25, 0.3) is 0 Å². The summed E-state index contributed by atoms with van der Waals surface area (Å²) in [5.74, 6) is 0.528. The van der Waals surface area contributed by atoms with Gasteiger partial charge < -0.3 is 4.74 Å². The quantitative estimate of drug-likeness (QED) is 0.251. The predicted molar refractivity (Wildman–Crippen MR) is 36.5 cm³/mol. The molecule has 1 fully saturated rings. The molecule has 1 atom stereocenters. The van der Waals surface area contributed by atoms with Gasteiger partial charge in [-0.3, -0.25) is 0 Å². The monoisotopic (exact) mass is 146 g/mol. The van der Waals surface area contributed by atoms with E-state index in [1.807, 2.05) is 0 Å². The van der Waals surface area contributed by atoms with Crippen molar-refractivity contribution in [1.82, 2.24) is 0 Å². The Labute approximate surface area is 61.2 Å². The Morgan fingerprint density at radius 1 is 1.50 bits per heavy atom. The van der Waals surface area contributed by atoms with Crippen LogP contribution in [-0.4, -0.2) is 25.9 Å². The lowest BCUT2D eigenvalue weighted by Crippen LogP contribution is -2.06. The van der Waals surface area contributed by atoms with Gasteiger partial charge in [-0.2, -0.15) is 0 Å². The van der Waals surface area contributed by atoms with Crippen LogP contribution in [0.3, 0.4) is 0 Å². The van der Waals surface area contributed by atoms with E-state index in [9.17, 15) is 0 Å². The summed E-state index contributed by atoms with van der Waals surface area (Å²) in [5.41, 5.74) is 0. The highest BCUT2D eigenvalue weighted by Crippen LogP contribution is 2.08. The van der Waals surface area contributed by atoms with Crippen LogP contribution < -0.4 is 0 Å². The van der Waals surface area contributed by atoms with E-state index in [2.05, 4.69) is 13.8 Å². The van der Waals surface area contributed by atoms with Crippen LogP contribution in [0.5, 0.6) is 0 Å². The third kappa shape index (κ3) is 3.82. The molecule has 3 nitrogen and oxygen atoms in total. The maximum Gasteiger partial charge on any atom is 0.111 e. The highest BCUT2D eigenvalue weighted by molar-refractivity contribution is 4.65. The molecule has 0 aliphatic carbocycles. The van der Waals surface area contributed by atoms with E-state index in [0.29, 0.717) is 25.2 Å². The van der Waals surface area contributed by atoms with Crippen molar-refractivity contribution in [2.75, 3.05) is 19.8 Å². The number of rotatable bonds is 5. The average Bonchev–Trinajstić information content (AvgIpc) is 2.62. The topological polar surface area (TPSA) is 31.0 Å². The van der Waals surface area contributed by atoms with Gasteiger partial charge >= 0.3 is 0 Å². The summed E-state index contributed by atoms with van der Waals surface area (Å²) in [5, 5.41) is 0. The Bertz CT molecular complexity index is 84.9. The zero-order chi connectivity index (χ0) is 7.40. The second-order valence-corrected chi connectivity index (χ2v) is 2.92. The van der Waals surface area contributed by atoms with E-state index in [4.69, 9.17) is 14.5 Å². The third-order valence-corrected chi connectivity index (χ3v) is 1.14. The molecule has 1 rings (SSSR count). The summed E-state index contributed by atoms with van der Waals surface area (Å²) in [4.78, 5) is 9.71. The molecule has 0 amide bonds. The zero-order valence-electron chi connectivity index (χ0n) is 6.50. The number of hydrogen-bond acceptors (Lipinski definition) is 3. The smallest absolute Gasteiger partial charge is 0.111 e. The van der Waals surface area contributed by atoms with Gasteiger partial charge in [-0.25, -0.2) is 9.78 Å². The van der Waals surface area contributed by atoms with E-state index in [1.54, 1.807) is 0 Å². The molecule has 1 aliphatic rings. The largest absolute Gasteiger partial charge is 0.370 e. The van der Waals surface area contributed by atoms with Gasteiger partial charge in [0.2, 0.25) is 0 Å². The fourth-order valence-corrected chi connectivity index (χ4v) is 0.472. The lowest BCUT2D eigenvalue weighted by Gasteiger charge is -2.03. The van der Waals surface area contributed by atoms with Gasteiger partial charge in [-0.1, -0.05) is 13.8 Å². The second kappa shape index (κ2) is 3.91. The highest BCUT2D eigenvalue weighted by Gasteiger charge is 2.22. The molecule has 60 valence electrons. The molecule has 0 aromatic heterocycles. The molecule has 1 unspecified atom stereocenters. The van der Waals surface area contributed by atoms with Gasteiger partial charge in [0.25, 0.3) is 0 Å². The molecule has 0 N–H and O–H groups in total. The summed E-state index contributed by atoms with van der Waals surface area (Å²) >= 11 is 0. The van der Waals surface area contributed by atoms with E-state index in [1.165, 1.54) is 0 Å². The van der Waals surface area contributed by atoms with Crippen molar-refractivity contribution in [3.05, 3.63) is 0 Å². The van der Waals surface area contributed by atoms with Gasteiger partial charge in [0.1, 0.15) is 12.7 Å². The van der Waals surface area contributed by atoms with Crippen LogP contribution in [0.1, 0.15) is 13.8 Å². The first-order valence-electron chi connectivity index (χ1n) is 3.65. The molecule has 0 radical (unpaired) electrons. The Morgan fingerprint density at radius 3 is 2.70 bits per heavy atom. The summed E-state index contributed by atoms with van der Waals surface area (Å²) in [7, 11) is 0. The van der Waals surface area contributed by atoms with Crippen molar-refractivity contribution in [2.45, 2.75) is 20.0 Å². The third-order valence-electron chi connectivity index (χ3n) is 1.14. The molecule has 0 spiro atoms. The van der Waals surface area contributed by atoms with Gasteiger partial charge in [0, 0.05) is 0 Å². The molecule has 10 heavy (non-hydrogen) atoms. The molecule has 0 aromatic carbocycles. The van der Waals surface area contributed by atoms with Crippen LogP contribution in [0.4, 0.5) is 0 Å².